The van der Waals surface area contributed by atoms with Crippen molar-refractivity contribution in [2.24, 2.45) is 0 Å². The van der Waals surface area contributed by atoms with Gasteiger partial charge in [0.05, 0.1) is 22.2 Å². The average Bonchev–Trinajstić information content (AvgIpc) is 3.80. The number of rotatable bonds is 10. The summed E-state index contributed by atoms with van der Waals surface area (Å²) in [5, 5.41) is -0.969. The Kier molecular flexibility index (Phi) is 8.92. The molecule has 3 N–H and O–H groups in total. The van der Waals surface area contributed by atoms with Gasteiger partial charge >= 0.3 is 12.1 Å². The first kappa shape index (κ1) is 33.0. The minimum absolute atomic E-state index is 0.145. The zero-order chi connectivity index (χ0) is 34.2. The molecule has 0 aliphatic carbocycles. The molecular formula is C33H33F3N6O5S. The van der Waals surface area contributed by atoms with Crippen LogP contribution in [0.2, 0.25) is 0 Å². The number of benzene rings is 3. The van der Waals surface area contributed by atoms with Gasteiger partial charge in [0.1, 0.15) is 23.7 Å². The summed E-state index contributed by atoms with van der Waals surface area (Å²) in [5.41, 5.74) is 7.71. The van der Waals surface area contributed by atoms with Gasteiger partial charge < -0.3 is 20.2 Å². The van der Waals surface area contributed by atoms with Crippen molar-refractivity contribution in [2.45, 2.75) is 38.1 Å². The summed E-state index contributed by atoms with van der Waals surface area (Å²) in [5.74, 6) is -2.61. The van der Waals surface area contributed by atoms with Crippen LogP contribution in [0.3, 0.4) is 0 Å². The molecule has 1 aliphatic heterocycles. The van der Waals surface area contributed by atoms with Crippen LogP contribution in [-0.2, 0) is 14.8 Å². The normalized spacial score (nSPS) is 14.2. The maximum atomic E-state index is 13.4. The molecule has 2 aromatic heterocycles. The third kappa shape index (κ3) is 6.60. The third-order valence-corrected chi connectivity index (χ3v) is 10.1. The van der Waals surface area contributed by atoms with Crippen LogP contribution in [0.15, 0.2) is 66.7 Å². The highest BCUT2D eigenvalue weighted by Crippen LogP contribution is 2.40. The average molecular weight is 683 g/mol. The summed E-state index contributed by atoms with van der Waals surface area (Å²) in [4.78, 5) is 26.5. The van der Waals surface area contributed by atoms with Crippen molar-refractivity contribution in [3.05, 3.63) is 66.7 Å². The molecule has 1 saturated heterocycles. The van der Waals surface area contributed by atoms with Crippen molar-refractivity contribution in [3.8, 4) is 45.4 Å². The van der Waals surface area contributed by atoms with Gasteiger partial charge in [0.15, 0.2) is 5.75 Å². The predicted molar refractivity (Wildman–Crippen MR) is 175 cm³/mol. The van der Waals surface area contributed by atoms with Gasteiger partial charge in [0.2, 0.25) is 16.0 Å². The lowest BCUT2D eigenvalue weighted by Crippen LogP contribution is -2.28. The van der Waals surface area contributed by atoms with Crippen LogP contribution in [0.25, 0.3) is 44.9 Å². The smallest absolute Gasteiger partial charge is 0.491 e. The molecule has 0 spiro atoms. The summed E-state index contributed by atoms with van der Waals surface area (Å²) in [6.45, 7) is 6.28. The van der Waals surface area contributed by atoms with E-state index in [-0.39, 0.29) is 22.3 Å². The van der Waals surface area contributed by atoms with Gasteiger partial charge in [0.25, 0.3) is 0 Å². The van der Waals surface area contributed by atoms with Crippen LogP contribution < -0.4 is 15.2 Å². The zero-order valence-corrected chi connectivity index (χ0v) is 26.9. The van der Waals surface area contributed by atoms with Crippen molar-refractivity contribution in [2.75, 3.05) is 32.0 Å². The number of aromatic nitrogens is 4. The molecule has 48 heavy (non-hydrogen) atoms. The standard InChI is InChI=1S/C33H33F3N6O5S/c1-20(2)48(44,45)42-25-18-23(19-26(29(25)40-32(42)37)47-31(43)33(34,35)36)28-27(21-9-4-3-5-10-21)38-30(39-28)22-11-8-12-24(17-22)46-16-15-41-13-6-7-14-41/h3-5,8-12,17-20H,6-7,13-16H2,1-2H3,(H2,37,40)(H,38,39). The van der Waals surface area contributed by atoms with Crippen LogP contribution in [-0.4, -0.2) is 75.9 Å². The topological polar surface area (TPSA) is 145 Å². The van der Waals surface area contributed by atoms with E-state index >= 15 is 0 Å². The largest absolute Gasteiger partial charge is 0.492 e. The number of imidazole rings is 2. The highest BCUT2D eigenvalue weighted by molar-refractivity contribution is 7.90. The highest BCUT2D eigenvalue weighted by Gasteiger charge is 2.42. The van der Waals surface area contributed by atoms with Crippen molar-refractivity contribution in [1.29, 1.82) is 0 Å². The summed E-state index contributed by atoms with van der Waals surface area (Å²) in [7, 11) is -4.16. The number of nitrogen functional groups attached to an aromatic ring is 1. The van der Waals surface area contributed by atoms with E-state index in [1.165, 1.54) is 32.8 Å². The molecular weight excluding hydrogens is 649 g/mol. The lowest BCUT2D eigenvalue weighted by Gasteiger charge is -2.15. The Morgan fingerprint density at radius 3 is 2.38 bits per heavy atom. The highest BCUT2D eigenvalue weighted by atomic mass is 32.2. The number of alkyl halides is 3. The molecule has 1 aliphatic rings. The predicted octanol–water partition coefficient (Wildman–Crippen LogP) is 5.87. The van der Waals surface area contributed by atoms with E-state index in [1.807, 2.05) is 42.5 Å². The molecule has 0 atom stereocenters. The maximum Gasteiger partial charge on any atom is 0.491 e. The second-order valence-corrected chi connectivity index (χ2v) is 14.0. The number of esters is 1. The van der Waals surface area contributed by atoms with Crippen LogP contribution in [0, 0.1) is 0 Å². The number of carbonyl (C=O) groups excluding carboxylic acids is 1. The van der Waals surface area contributed by atoms with Crippen molar-refractivity contribution in [3.63, 3.8) is 0 Å². The van der Waals surface area contributed by atoms with E-state index in [0.29, 0.717) is 35.0 Å². The summed E-state index contributed by atoms with van der Waals surface area (Å²) >= 11 is 0. The summed E-state index contributed by atoms with van der Waals surface area (Å²) in [6, 6.07) is 18.9. The molecule has 15 heteroatoms. The number of hydrogen-bond acceptors (Lipinski definition) is 9. The number of ether oxygens (including phenoxy) is 2. The van der Waals surface area contributed by atoms with E-state index in [0.717, 1.165) is 29.7 Å². The minimum Gasteiger partial charge on any atom is -0.492 e. The number of nitrogens with zero attached hydrogens (tertiary/aromatic N) is 4. The number of nitrogens with two attached hydrogens (primary N) is 1. The zero-order valence-electron chi connectivity index (χ0n) is 26.1. The number of likely N-dealkylation sites (tertiary alicyclic amines) is 1. The minimum atomic E-state index is -5.34. The van der Waals surface area contributed by atoms with Gasteiger partial charge in [-0.15, -0.1) is 0 Å². The van der Waals surface area contributed by atoms with Crippen LogP contribution >= 0.6 is 0 Å². The Morgan fingerprint density at radius 1 is 0.979 bits per heavy atom. The Bertz CT molecular complexity index is 2070. The molecule has 252 valence electrons. The van der Waals surface area contributed by atoms with Crippen LogP contribution in [0.1, 0.15) is 26.7 Å². The molecule has 0 saturated carbocycles. The van der Waals surface area contributed by atoms with Gasteiger partial charge in [-0.2, -0.15) is 13.2 Å². The number of carbonyl (C=O) groups is 1. The van der Waals surface area contributed by atoms with Crippen molar-refractivity contribution < 1.29 is 35.9 Å². The second kappa shape index (κ2) is 13.0. The Balaban J connectivity index is 1.49. The fourth-order valence-corrected chi connectivity index (χ4v) is 6.70. The molecule has 6 rings (SSSR count). The quantitative estimate of drug-likeness (QED) is 0.136. The van der Waals surface area contributed by atoms with E-state index in [4.69, 9.17) is 20.2 Å². The number of halogens is 3. The van der Waals surface area contributed by atoms with Gasteiger partial charge in [-0.3, -0.25) is 4.90 Å². The molecule has 0 unspecified atom stereocenters. The number of hydrogen-bond donors (Lipinski definition) is 2. The lowest BCUT2D eigenvalue weighted by atomic mass is 10.0. The molecule has 3 heterocycles. The molecule has 5 aromatic rings. The second-order valence-electron chi connectivity index (χ2n) is 11.7. The first-order valence-corrected chi connectivity index (χ1v) is 16.8. The molecule has 0 bridgehead atoms. The molecule has 0 radical (unpaired) electrons. The molecule has 11 nitrogen and oxygen atoms in total. The SMILES string of the molecule is CC(C)S(=O)(=O)n1c(N)nc2c(OC(=O)C(F)(F)F)cc(-c3nc(-c4cccc(OCCN5CCCC5)c4)[nH]c3-c3ccccc3)cc21. The van der Waals surface area contributed by atoms with E-state index < -0.39 is 39.1 Å². The molecule has 0 amide bonds. The van der Waals surface area contributed by atoms with Crippen molar-refractivity contribution in [1.82, 2.24) is 23.8 Å². The fraction of sp³-hybridized carbons (Fsp3) is 0.303. The van der Waals surface area contributed by atoms with Gasteiger partial charge in [-0.1, -0.05) is 42.5 Å². The van der Waals surface area contributed by atoms with Gasteiger partial charge in [0, 0.05) is 23.2 Å². The Labute approximate surface area is 274 Å². The van der Waals surface area contributed by atoms with Gasteiger partial charge in [-0.25, -0.2) is 27.2 Å². The Hall–Kier alpha value is -4.89. The van der Waals surface area contributed by atoms with E-state index in [1.54, 1.807) is 12.1 Å². The first-order chi connectivity index (χ1) is 22.8. The molecule has 3 aromatic carbocycles. The monoisotopic (exact) mass is 682 g/mol. The number of H-pyrrole nitrogens is 1. The van der Waals surface area contributed by atoms with Crippen molar-refractivity contribution >= 4 is 33.0 Å². The summed E-state index contributed by atoms with van der Waals surface area (Å²) in [6.07, 6.45) is -2.97. The molecule has 1 fully saturated rings. The van der Waals surface area contributed by atoms with E-state index in [2.05, 4.69) is 14.9 Å². The maximum absolute atomic E-state index is 13.4. The number of fused-ring (bicyclic) bond motifs is 1. The first-order valence-electron chi connectivity index (χ1n) is 15.3. The third-order valence-electron chi connectivity index (χ3n) is 8.01. The van der Waals surface area contributed by atoms with Gasteiger partial charge in [-0.05, 0) is 64.0 Å². The number of anilines is 1. The Morgan fingerprint density at radius 2 is 1.69 bits per heavy atom. The summed E-state index contributed by atoms with van der Waals surface area (Å²) < 4.78 is 78.3. The lowest BCUT2D eigenvalue weighted by molar-refractivity contribution is -0.189. The van der Waals surface area contributed by atoms with E-state index in [9.17, 15) is 26.4 Å². The number of aromatic amines is 1. The fourth-order valence-electron chi connectivity index (χ4n) is 5.56. The van der Waals surface area contributed by atoms with Crippen LogP contribution in [0.4, 0.5) is 19.1 Å². The van der Waals surface area contributed by atoms with Crippen LogP contribution in [0.5, 0.6) is 11.5 Å². The number of nitrogens with one attached hydrogen (secondary N) is 1.